The molecule has 1 amide bonds. The molecule has 5 N–H and O–H groups in total. The van der Waals surface area contributed by atoms with Gasteiger partial charge in [0.1, 0.15) is 0 Å². The lowest BCUT2D eigenvalue weighted by Crippen LogP contribution is -2.52. The Bertz CT molecular complexity index is 586. The summed E-state index contributed by atoms with van der Waals surface area (Å²) in [4.78, 5) is 12.3. The van der Waals surface area contributed by atoms with E-state index in [1.54, 1.807) is 4.31 Å². The second kappa shape index (κ2) is 17.7. The van der Waals surface area contributed by atoms with Gasteiger partial charge >= 0.3 is 0 Å². The molecule has 0 saturated carbocycles. The predicted octanol–water partition coefficient (Wildman–Crippen LogP) is 3.66. The van der Waals surface area contributed by atoms with E-state index in [9.17, 15) is 13.2 Å². The number of hydrogen-bond acceptors (Lipinski definition) is 5. The van der Waals surface area contributed by atoms with Gasteiger partial charge in [-0.25, -0.2) is 8.42 Å². The van der Waals surface area contributed by atoms with Crippen LogP contribution in [0.25, 0.3) is 0 Å². The lowest BCUT2D eigenvalue weighted by molar-refractivity contribution is -0.122. The van der Waals surface area contributed by atoms with Crippen molar-refractivity contribution in [1.29, 1.82) is 0 Å². The third kappa shape index (κ3) is 12.5. The van der Waals surface area contributed by atoms with Crippen molar-refractivity contribution < 1.29 is 13.2 Å². The fraction of sp³-hybridized carbons (Fsp3) is 0.958. The van der Waals surface area contributed by atoms with Crippen LogP contribution in [0.2, 0.25) is 0 Å². The maximum Gasteiger partial charge on any atom is 0.236 e. The van der Waals surface area contributed by atoms with Gasteiger partial charge in [-0.1, -0.05) is 77.6 Å². The van der Waals surface area contributed by atoms with Gasteiger partial charge in [0.2, 0.25) is 15.9 Å². The standard InChI is InChI=1S/C24H50N4O3S/c1-2-3-4-5-6-7-8-9-10-15-20-32(30,31)28-19-14-12-16-22(28)21-27-24(29)23(26)17-11-13-18-25/h22-23H,2-21,25-26H2,1H3,(H,27,29). The molecule has 32 heavy (non-hydrogen) atoms. The van der Waals surface area contributed by atoms with E-state index in [0.717, 1.165) is 51.4 Å². The molecule has 0 aliphatic carbocycles. The average Bonchev–Trinajstić information content (AvgIpc) is 2.79. The Morgan fingerprint density at radius 1 is 0.969 bits per heavy atom. The highest BCUT2D eigenvalue weighted by molar-refractivity contribution is 7.89. The number of piperidine rings is 1. The van der Waals surface area contributed by atoms with E-state index in [1.807, 2.05) is 0 Å². The van der Waals surface area contributed by atoms with Gasteiger partial charge in [0, 0.05) is 19.1 Å². The van der Waals surface area contributed by atoms with Crippen LogP contribution in [0.4, 0.5) is 0 Å². The number of nitrogens with one attached hydrogen (secondary N) is 1. The number of hydrogen-bond donors (Lipinski definition) is 3. The minimum atomic E-state index is -3.29. The Labute approximate surface area is 197 Å². The SMILES string of the molecule is CCCCCCCCCCCCS(=O)(=O)N1CCCCC1CNC(=O)C(N)CCCCN. The van der Waals surface area contributed by atoms with Crippen LogP contribution in [0.1, 0.15) is 110 Å². The molecule has 0 aromatic heterocycles. The number of carbonyl (C=O) groups excluding carboxylic acids is 1. The third-order valence-electron chi connectivity index (χ3n) is 6.50. The van der Waals surface area contributed by atoms with Crippen LogP contribution in [-0.2, 0) is 14.8 Å². The number of rotatable bonds is 19. The Hall–Kier alpha value is -0.700. The Kier molecular flexibility index (Phi) is 16.3. The van der Waals surface area contributed by atoms with E-state index in [2.05, 4.69) is 12.2 Å². The molecular formula is C24H50N4O3S. The normalized spacial score (nSPS) is 18.5. The lowest BCUT2D eigenvalue weighted by atomic mass is 10.0. The minimum absolute atomic E-state index is 0.155. The molecule has 0 radical (unpaired) electrons. The molecule has 1 saturated heterocycles. The Morgan fingerprint density at radius 3 is 2.22 bits per heavy atom. The zero-order chi connectivity index (χ0) is 23.7. The van der Waals surface area contributed by atoms with E-state index >= 15 is 0 Å². The molecule has 7 nitrogen and oxygen atoms in total. The van der Waals surface area contributed by atoms with Crippen LogP contribution < -0.4 is 16.8 Å². The highest BCUT2D eigenvalue weighted by Gasteiger charge is 2.32. The molecule has 1 fully saturated rings. The first-order chi connectivity index (χ1) is 15.4. The molecule has 190 valence electrons. The van der Waals surface area contributed by atoms with Crippen LogP contribution >= 0.6 is 0 Å². The van der Waals surface area contributed by atoms with E-state index in [1.165, 1.54) is 44.9 Å². The molecule has 0 bridgehead atoms. The van der Waals surface area contributed by atoms with Crippen molar-refractivity contribution in [3.63, 3.8) is 0 Å². The Morgan fingerprint density at radius 2 is 1.59 bits per heavy atom. The zero-order valence-corrected chi connectivity index (χ0v) is 21.3. The van der Waals surface area contributed by atoms with Gasteiger partial charge in [0.05, 0.1) is 11.8 Å². The minimum Gasteiger partial charge on any atom is -0.353 e. The highest BCUT2D eigenvalue weighted by atomic mass is 32.2. The molecule has 1 rings (SSSR count). The van der Waals surface area contributed by atoms with E-state index < -0.39 is 16.1 Å². The van der Waals surface area contributed by atoms with Crippen molar-refractivity contribution in [2.45, 2.75) is 122 Å². The monoisotopic (exact) mass is 474 g/mol. The number of nitrogens with zero attached hydrogens (tertiary/aromatic N) is 1. The van der Waals surface area contributed by atoms with Crippen LogP contribution in [0, 0.1) is 0 Å². The van der Waals surface area contributed by atoms with Gasteiger partial charge in [-0.2, -0.15) is 4.31 Å². The van der Waals surface area contributed by atoms with Gasteiger partial charge in [0.15, 0.2) is 0 Å². The van der Waals surface area contributed by atoms with Gasteiger partial charge in [0.25, 0.3) is 0 Å². The largest absolute Gasteiger partial charge is 0.353 e. The predicted molar refractivity (Wildman–Crippen MR) is 134 cm³/mol. The second-order valence-corrected chi connectivity index (χ2v) is 11.4. The van der Waals surface area contributed by atoms with Crippen molar-refractivity contribution >= 4 is 15.9 Å². The fourth-order valence-corrected chi connectivity index (χ4v) is 6.27. The topological polar surface area (TPSA) is 119 Å². The summed E-state index contributed by atoms with van der Waals surface area (Å²) in [6, 6.07) is -0.709. The van der Waals surface area contributed by atoms with Crippen LogP contribution in [0.3, 0.4) is 0 Å². The van der Waals surface area contributed by atoms with Gasteiger partial charge < -0.3 is 16.8 Å². The molecular weight excluding hydrogens is 424 g/mol. The maximum atomic E-state index is 13.0. The van der Waals surface area contributed by atoms with Crippen LogP contribution in [0.15, 0.2) is 0 Å². The van der Waals surface area contributed by atoms with Gasteiger partial charge in [-0.05, 0) is 38.6 Å². The van der Waals surface area contributed by atoms with Crippen LogP contribution in [-0.4, -0.2) is 56.1 Å². The molecule has 1 aliphatic heterocycles. The molecule has 0 spiro atoms. The number of nitrogens with two attached hydrogens (primary N) is 2. The summed E-state index contributed by atoms with van der Waals surface area (Å²) >= 11 is 0. The molecule has 2 unspecified atom stereocenters. The summed E-state index contributed by atoms with van der Waals surface area (Å²) in [7, 11) is -3.29. The summed E-state index contributed by atoms with van der Waals surface area (Å²) < 4.78 is 27.6. The summed E-state index contributed by atoms with van der Waals surface area (Å²) in [6.45, 7) is 3.74. The number of carbonyl (C=O) groups is 1. The van der Waals surface area contributed by atoms with E-state index in [0.29, 0.717) is 26.1 Å². The summed E-state index contributed by atoms with van der Waals surface area (Å²) in [5, 5.41) is 2.89. The smallest absolute Gasteiger partial charge is 0.236 e. The highest BCUT2D eigenvalue weighted by Crippen LogP contribution is 2.21. The summed E-state index contributed by atoms with van der Waals surface area (Å²) in [5.41, 5.74) is 11.4. The van der Waals surface area contributed by atoms with Gasteiger partial charge in [-0.3, -0.25) is 4.79 Å². The molecule has 0 aromatic carbocycles. The first kappa shape index (κ1) is 29.3. The number of amides is 1. The third-order valence-corrected chi connectivity index (χ3v) is 8.50. The van der Waals surface area contributed by atoms with Gasteiger partial charge in [-0.15, -0.1) is 0 Å². The second-order valence-electron chi connectivity index (χ2n) is 9.39. The number of unbranched alkanes of at least 4 members (excludes halogenated alkanes) is 10. The van der Waals surface area contributed by atoms with Crippen molar-refractivity contribution in [2.75, 3.05) is 25.4 Å². The van der Waals surface area contributed by atoms with Crippen molar-refractivity contribution in [2.24, 2.45) is 11.5 Å². The molecule has 2 atom stereocenters. The molecule has 1 aliphatic rings. The van der Waals surface area contributed by atoms with E-state index in [4.69, 9.17) is 11.5 Å². The number of sulfonamides is 1. The van der Waals surface area contributed by atoms with Crippen molar-refractivity contribution in [1.82, 2.24) is 9.62 Å². The molecule has 0 aromatic rings. The molecule has 1 heterocycles. The fourth-order valence-electron chi connectivity index (χ4n) is 4.42. The van der Waals surface area contributed by atoms with E-state index in [-0.39, 0.29) is 17.7 Å². The summed E-state index contributed by atoms with van der Waals surface area (Å²) in [5.74, 6) is 0.0200. The quantitative estimate of drug-likeness (QED) is 0.247. The first-order valence-electron chi connectivity index (χ1n) is 13.1. The van der Waals surface area contributed by atoms with Crippen molar-refractivity contribution in [3.05, 3.63) is 0 Å². The summed E-state index contributed by atoms with van der Waals surface area (Å²) in [6.07, 6.45) is 16.8. The zero-order valence-electron chi connectivity index (χ0n) is 20.5. The average molecular weight is 475 g/mol. The Balaban J connectivity index is 2.32. The molecule has 8 heteroatoms. The van der Waals surface area contributed by atoms with Crippen molar-refractivity contribution in [3.8, 4) is 0 Å². The maximum absolute atomic E-state index is 13.0. The first-order valence-corrected chi connectivity index (χ1v) is 14.8. The lowest BCUT2D eigenvalue weighted by Gasteiger charge is -2.35. The van der Waals surface area contributed by atoms with Crippen LogP contribution in [0.5, 0.6) is 0 Å².